The number of rotatable bonds is 2. The van der Waals surface area contributed by atoms with Gasteiger partial charge in [0.05, 0.1) is 17.8 Å². The second kappa shape index (κ2) is 4.71. The molecule has 2 atom stereocenters. The van der Waals surface area contributed by atoms with Crippen LogP contribution in [0.5, 0.6) is 0 Å². The number of nitrogens with two attached hydrogens (primary N) is 1. The molecule has 2 unspecified atom stereocenters. The van der Waals surface area contributed by atoms with Gasteiger partial charge < -0.3 is 15.4 Å². The summed E-state index contributed by atoms with van der Waals surface area (Å²) in [5.74, 6) is 1.86. The maximum Gasteiger partial charge on any atom is 0.143 e. The molecule has 2 N–H and O–H groups in total. The van der Waals surface area contributed by atoms with E-state index in [0.29, 0.717) is 23.4 Å². The van der Waals surface area contributed by atoms with Crippen LogP contribution in [0.1, 0.15) is 25.3 Å². The van der Waals surface area contributed by atoms with Crippen LogP contribution in [0.25, 0.3) is 0 Å². The highest BCUT2D eigenvalue weighted by Gasteiger charge is 2.37. The van der Waals surface area contributed by atoms with Gasteiger partial charge in [0, 0.05) is 13.1 Å². The van der Waals surface area contributed by atoms with Crippen LogP contribution in [-0.2, 0) is 4.74 Å². The molecule has 1 saturated heterocycles. The minimum atomic E-state index is 0.206. The van der Waals surface area contributed by atoms with Crippen molar-refractivity contribution in [2.75, 3.05) is 23.7 Å². The summed E-state index contributed by atoms with van der Waals surface area (Å²) in [6, 6.07) is 5.65. The highest BCUT2D eigenvalue weighted by atomic mass is 16.5. The van der Waals surface area contributed by atoms with Crippen molar-refractivity contribution >= 4 is 11.6 Å². The molecular formula is C14H18N4O. The van der Waals surface area contributed by atoms with Crippen LogP contribution in [0.4, 0.5) is 11.6 Å². The molecule has 0 radical (unpaired) electrons. The third-order valence-electron chi connectivity index (χ3n) is 3.79. The average Bonchev–Trinajstić information content (AvgIpc) is 3.22. The van der Waals surface area contributed by atoms with Gasteiger partial charge in [0.1, 0.15) is 17.7 Å². The van der Waals surface area contributed by atoms with Crippen LogP contribution in [0.15, 0.2) is 12.1 Å². The summed E-state index contributed by atoms with van der Waals surface area (Å²) in [6.45, 7) is 3.78. The summed E-state index contributed by atoms with van der Waals surface area (Å²) in [4.78, 5) is 6.56. The van der Waals surface area contributed by atoms with Crippen molar-refractivity contribution in [1.82, 2.24) is 4.98 Å². The number of aromatic nitrogens is 1. The Morgan fingerprint density at radius 2 is 2.21 bits per heavy atom. The van der Waals surface area contributed by atoms with E-state index in [2.05, 4.69) is 16.8 Å². The molecule has 2 heterocycles. The minimum absolute atomic E-state index is 0.206. The quantitative estimate of drug-likeness (QED) is 0.870. The lowest BCUT2D eigenvalue weighted by molar-refractivity contribution is -0.0273. The third kappa shape index (κ3) is 2.49. The largest absolute Gasteiger partial charge is 0.383 e. The normalized spacial score (nSPS) is 27.1. The number of hydrogen-bond donors (Lipinski definition) is 1. The monoisotopic (exact) mass is 258 g/mol. The van der Waals surface area contributed by atoms with Gasteiger partial charge in [-0.25, -0.2) is 4.98 Å². The van der Waals surface area contributed by atoms with Crippen molar-refractivity contribution in [3.63, 3.8) is 0 Å². The highest BCUT2D eigenvalue weighted by molar-refractivity contribution is 5.55. The first-order valence-corrected chi connectivity index (χ1v) is 6.74. The highest BCUT2D eigenvalue weighted by Crippen LogP contribution is 2.37. The molecule has 100 valence electrons. The standard InChI is InChI=1S/C14H18N4O/c1-9-7-18(8-12(19-9)10-2-3-10)13-5-4-11(6-15)14(16)17-13/h4-5,9-10,12H,2-3,7-8H2,1H3,(H2,16,17). The lowest BCUT2D eigenvalue weighted by Gasteiger charge is -2.37. The molecule has 1 saturated carbocycles. The first-order chi connectivity index (χ1) is 9.17. The van der Waals surface area contributed by atoms with Gasteiger partial charge in [0.25, 0.3) is 0 Å². The summed E-state index contributed by atoms with van der Waals surface area (Å²) in [5, 5.41) is 8.88. The van der Waals surface area contributed by atoms with Crippen LogP contribution in [0.2, 0.25) is 0 Å². The molecule has 3 rings (SSSR count). The molecule has 19 heavy (non-hydrogen) atoms. The van der Waals surface area contributed by atoms with Gasteiger partial charge in [-0.3, -0.25) is 0 Å². The van der Waals surface area contributed by atoms with Crippen LogP contribution in [0, 0.1) is 17.2 Å². The van der Waals surface area contributed by atoms with E-state index in [1.165, 1.54) is 12.8 Å². The van der Waals surface area contributed by atoms with Crippen LogP contribution >= 0.6 is 0 Å². The number of morpholine rings is 1. The molecule has 1 aromatic heterocycles. The van der Waals surface area contributed by atoms with E-state index in [1.807, 2.05) is 12.1 Å². The molecular weight excluding hydrogens is 240 g/mol. The molecule has 0 amide bonds. The lowest BCUT2D eigenvalue weighted by Crippen LogP contribution is -2.47. The Bertz CT molecular complexity index is 521. The summed E-state index contributed by atoms with van der Waals surface area (Å²) in [6.07, 6.45) is 3.06. The summed E-state index contributed by atoms with van der Waals surface area (Å²) < 4.78 is 5.98. The zero-order chi connectivity index (χ0) is 13.4. The van der Waals surface area contributed by atoms with E-state index in [-0.39, 0.29) is 6.10 Å². The molecule has 0 spiro atoms. The number of ether oxygens (including phenoxy) is 1. The number of anilines is 2. The molecule has 1 aromatic rings. The van der Waals surface area contributed by atoms with Crippen LogP contribution < -0.4 is 10.6 Å². The molecule has 5 nitrogen and oxygen atoms in total. The van der Waals surface area contributed by atoms with Crippen LogP contribution in [0.3, 0.4) is 0 Å². The Hall–Kier alpha value is -1.80. The average molecular weight is 258 g/mol. The van der Waals surface area contributed by atoms with Crippen molar-refractivity contribution in [3.05, 3.63) is 17.7 Å². The van der Waals surface area contributed by atoms with Gasteiger partial charge >= 0.3 is 0 Å². The van der Waals surface area contributed by atoms with E-state index in [4.69, 9.17) is 15.7 Å². The van der Waals surface area contributed by atoms with Crippen molar-refractivity contribution in [1.29, 1.82) is 5.26 Å². The minimum Gasteiger partial charge on any atom is -0.383 e. The van der Waals surface area contributed by atoms with E-state index in [1.54, 1.807) is 6.07 Å². The molecule has 1 aliphatic heterocycles. The van der Waals surface area contributed by atoms with E-state index >= 15 is 0 Å². The number of hydrogen-bond acceptors (Lipinski definition) is 5. The van der Waals surface area contributed by atoms with Gasteiger partial charge in [0.2, 0.25) is 0 Å². The third-order valence-corrected chi connectivity index (χ3v) is 3.79. The summed E-state index contributed by atoms with van der Waals surface area (Å²) in [5.41, 5.74) is 6.22. The molecule has 0 aromatic carbocycles. The van der Waals surface area contributed by atoms with Crippen molar-refractivity contribution in [3.8, 4) is 6.07 Å². The smallest absolute Gasteiger partial charge is 0.143 e. The fraction of sp³-hybridized carbons (Fsp3) is 0.571. The fourth-order valence-corrected chi connectivity index (χ4v) is 2.64. The Morgan fingerprint density at radius 3 is 2.84 bits per heavy atom. The van der Waals surface area contributed by atoms with E-state index in [9.17, 15) is 0 Å². The Labute approximate surface area is 113 Å². The number of pyridine rings is 1. The predicted molar refractivity (Wildman–Crippen MR) is 72.6 cm³/mol. The molecule has 5 heteroatoms. The van der Waals surface area contributed by atoms with Gasteiger partial charge in [0.15, 0.2) is 0 Å². The number of nitrogens with zero attached hydrogens (tertiary/aromatic N) is 3. The van der Waals surface area contributed by atoms with Crippen molar-refractivity contribution in [2.45, 2.75) is 32.0 Å². The Kier molecular flexibility index (Phi) is 3.03. The summed E-state index contributed by atoms with van der Waals surface area (Å²) in [7, 11) is 0. The number of nitriles is 1. The fourth-order valence-electron chi connectivity index (χ4n) is 2.64. The van der Waals surface area contributed by atoms with Gasteiger partial charge in [-0.2, -0.15) is 5.26 Å². The zero-order valence-corrected chi connectivity index (χ0v) is 11.0. The lowest BCUT2D eigenvalue weighted by atomic mass is 10.1. The second-order valence-corrected chi connectivity index (χ2v) is 5.44. The topological polar surface area (TPSA) is 75.2 Å². The van der Waals surface area contributed by atoms with Crippen molar-refractivity contribution in [2.24, 2.45) is 5.92 Å². The second-order valence-electron chi connectivity index (χ2n) is 5.44. The maximum atomic E-state index is 8.88. The first kappa shape index (κ1) is 12.2. The Morgan fingerprint density at radius 1 is 1.42 bits per heavy atom. The Balaban J connectivity index is 1.80. The van der Waals surface area contributed by atoms with Gasteiger partial charge in [-0.1, -0.05) is 0 Å². The first-order valence-electron chi connectivity index (χ1n) is 6.74. The molecule has 2 fully saturated rings. The van der Waals surface area contributed by atoms with Gasteiger partial charge in [-0.05, 0) is 37.8 Å². The molecule has 2 aliphatic rings. The number of nitrogen functional groups attached to an aromatic ring is 1. The maximum absolute atomic E-state index is 8.88. The van der Waals surface area contributed by atoms with E-state index in [0.717, 1.165) is 18.9 Å². The summed E-state index contributed by atoms with van der Waals surface area (Å²) >= 11 is 0. The van der Waals surface area contributed by atoms with Crippen molar-refractivity contribution < 1.29 is 4.74 Å². The van der Waals surface area contributed by atoms with Gasteiger partial charge in [-0.15, -0.1) is 0 Å². The molecule has 1 aliphatic carbocycles. The molecule has 0 bridgehead atoms. The van der Waals surface area contributed by atoms with E-state index < -0.39 is 0 Å². The predicted octanol–water partition coefficient (Wildman–Crippen LogP) is 1.54. The zero-order valence-electron chi connectivity index (χ0n) is 11.0. The SMILES string of the molecule is CC1CN(c2ccc(C#N)c(N)n2)CC(C2CC2)O1. The van der Waals surface area contributed by atoms with Crippen LogP contribution in [-0.4, -0.2) is 30.3 Å².